The Morgan fingerprint density at radius 3 is 2.38 bits per heavy atom. The van der Waals surface area contributed by atoms with Gasteiger partial charge in [0.25, 0.3) is 0 Å². The van der Waals surface area contributed by atoms with Crippen LogP contribution in [0, 0.1) is 0 Å². The highest BCUT2D eigenvalue weighted by Crippen LogP contribution is 2.27. The van der Waals surface area contributed by atoms with E-state index in [-0.39, 0.29) is 5.69 Å². The summed E-state index contributed by atoms with van der Waals surface area (Å²) in [4.78, 5) is 18.8. The molecule has 0 bridgehead atoms. The Hall–Kier alpha value is -2.73. The van der Waals surface area contributed by atoms with Crippen LogP contribution >= 0.6 is 0 Å². The Kier molecular flexibility index (Phi) is 4.93. The maximum Gasteiger partial charge on any atom is 0.343 e. The molecule has 6 heteroatoms. The summed E-state index contributed by atoms with van der Waals surface area (Å²) >= 11 is 0. The van der Waals surface area contributed by atoms with Crippen molar-refractivity contribution >= 4 is 0 Å². The van der Waals surface area contributed by atoms with E-state index >= 15 is 0 Å². The molecule has 1 aromatic carbocycles. The molecule has 1 fully saturated rings. The number of H-pyrrole nitrogens is 1. The first-order valence-corrected chi connectivity index (χ1v) is 9.10. The van der Waals surface area contributed by atoms with E-state index in [0.717, 1.165) is 43.9 Å². The number of nitrogens with one attached hydrogen (secondary N) is 1. The predicted molar refractivity (Wildman–Crippen MR) is 99.9 cm³/mol. The highest BCUT2D eigenvalue weighted by molar-refractivity contribution is 5.16. The molecular weight excluding hydrogens is 326 g/mol. The van der Waals surface area contributed by atoms with Gasteiger partial charge in [-0.25, -0.2) is 9.89 Å². The van der Waals surface area contributed by atoms with Crippen molar-refractivity contribution in [2.24, 2.45) is 0 Å². The molecule has 3 aromatic rings. The van der Waals surface area contributed by atoms with Gasteiger partial charge >= 0.3 is 5.69 Å². The van der Waals surface area contributed by atoms with Gasteiger partial charge < -0.3 is 0 Å². The van der Waals surface area contributed by atoms with Crippen molar-refractivity contribution in [2.75, 3.05) is 13.1 Å². The predicted octanol–water partition coefficient (Wildman–Crippen LogP) is 2.39. The third-order valence-corrected chi connectivity index (χ3v) is 5.08. The normalized spacial score (nSPS) is 16.0. The molecule has 0 saturated carbocycles. The summed E-state index contributed by atoms with van der Waals surface area (Å²) in [6.07, 6.45) is 5.72. The SMILES string of the molecule is O=c1[nH]nc(C2CCN(Cc3ccncc3)CC2)n1Cc1ccccc1. The molecule has 0 amide bonds. The number of aromatic amines is 1. The van der Waals surface area contributed by atoms with Gasteiger partial charge in [-0.1, -0.05) is 30.3 Å². The lowest BCUT2D eigenvalue weighted by Gasteiger charge is -2.31. The number of nitrogens with zero attached hydrogens (tertiary/aromatic N) is 4. The van der Waals surface area contributed by atoms with Crippen LogP contribution in [0.15, 0.2) is 59.7 Å². The van der Waals surface area contributed by atoms with E-state index < -0.39 is 0 Å². The van der Waals surface area contributed by atoms with Crippen LogP contribution < -0.4 is 5.69 Å². The molecule has 1 aliphatic heterocycles. The Balaban J connectivity index is 1.42. The van der Waals surface area contributed by atoms with Crippen molar-refractivity contribution in [3.8, 4) is 0 Å². The van der Waals surface area contributed by atoms with E-state index in [0.29, 0.717) is 12.5 Å². The highest BCUT2D eigenvalue weighted by Gasteiger charge is 2.25. The van der Waals surface area contributed by atoms with E-state index in [1.807, 2.05) is 42.7 Å². The van der Waals surface area contributed by atoms with Gasteiger partial charge in [-0.05, 0) is 49.2 Å². The van der Waals surface area contributed by atoms with Gasteiger partial charge in [-0.15, -0.1) is 0 Å². The standard InChI is InChI=1S/C20H23N5O/c26-20-23-22-19(25(20)15-16-4-2-1-3-5-16)18-8-12-24(13-9-18)14-17-6-10-21-11-7-17/h1-7,10-11,18H,8-9,12-15H2,(H,23,26). The summed E-state index contributed by atoms with van der Waals surface area (Å²) in [5, 5.41) is 6.99. The lowest BCUT2D eigenvalue weighted by atomic mass is 9.95. The van der Waals surface area contributed by atoms with E-state index in [4.69, 9.17) is 0 Å². The molecule has 26 heavy (non-hydrogen) atoms. The lowest BCUT2D eigenvalue weighted by molar-refractivity contribution is 0.200. The summed E-state index contributed by atoms with van der Waals surface area (Å²) in [6.45, 7) is 3.55. The van der Waals surface area contributed by atoms with E-state index in [1.54, 1.807) is 4.57 Å². The Labute approximate surface area is 152 Å². The largest absolute Gasteiger partial charge is 0.343 e. The molecule has 4 rings (SSSR count). The molecule has 134 valence electrons. The average molecular weight is 349 g/mol. The zero-order valence-electron chi connectivity index (χ0n) is 14.7. The zero-order chi connectivity index (χ0) is 17.8. The molecule has 0 unspecified atom stereocenters. The van der Waals surface area contributed by atoms with Crippen LogP contribution in [-0.4, -0.2) is 37.7 Å². The van der Waals surface area contributed by atoms with E-state index in [9.17, 15) is 4.79 Å². The minimum absolute atomic E-state index is 0.122. The monoisotopic (exact) mass is 349 g/mol. The van der Waals surface area contributed by atoms with Crippen LogP contribution in [0.5, 0.6) is 0 Å². The van der Waals surface area contributed by atoms with Gasteiger partial charge in [0.15, 0.2) is 0 Å². The molecule has 0 spiro atoms. The van der Waals surface area contributed by atoms with Gasteiger partial charge in [-0.2, -0.15) is 5.10 Å². The topological polar surface area (TPSA) is 66.8 Å². The molecular formula is C20H23N5O. The number of hydrogen-bond acceptors (Lipinski definition) is 4. The second-order valence-corrected chi connectivity index (χ2v) is 6.86. The van der Waals surface area contributed by atoms with Crippen LogP contribution in [0.3, 0.4) is 0 Å². The van der Waals surface area contributed by atoms with Crippen LogP contribution in [0.1, 0.15) is 35.7 Å². The summed E-state index contributed by atoms with van der Waals surface area (Å²) in [6, 6.07) is 14.2. The molecule has 3 heterocycles. The molecule has 0 aliphatic carbocycles. The molecule has 1 aliphatic rings. The minimum Gasteiger partial charge on any atom is -0.299 e. The second kappa shape index (κ2) is 7.66. The first-order valence-electron chi connectivity index (χ1n) is 9.10. The summed E-state index contributed by atoms with van der Waals surface area (Å²) in [7, 11) is 0. The fraction of sp³-hybridized carbons (Fsp3) is 0.350. The quantitative estimate of drug-likeness (QED) is 0.768. The second-order valence-electron chi connectivity index (χ2n) is 6.86. The van der Waals surface area contributed by atoms with Crippen LogP contribution in [0.25, 0.3) is 0 Å². The van der Waals surface area contributed by atoms with Gasteiger partial charge in [0.05, 0.1) is 6.54 Å². The molecule has 2 aromatic heterocycles. The molecule has 6 nitrogen and oxygen atoms in total. The third kappa shape index (κ3) is 3.75. The fourth-order valence-corrected chi connectivity index (χ4v) is 3.66. The number of pyridine rings is 1. The first-order chi connectivity index (χ1) is 12.8. The minimum atomic E-state index is -0.122. The van der Waals surface area contributed by atoms with Crippen molar-refractivity contribution in [2.45, 2.75) is 31.8 Å². The third-order valence-electron chi connectivity index (χ3n) is 5.08. The van der Waals surface area contributed by atoms with Gasteiger partial charge in [-0.3, -0.25) is 14.5 Å². The van der Waals surface area contributed by atoms with Gasteiger partial charge in [0.1, 0.15) is 5.82 Å². The maximum absolute atomic E-state index is 12.2. The smallest absolute Gasteiger partial charge is 0.299 e. The first kappa shape index (κ1) is 16.7. The Morgan fingerprint density at radius 1 is 0.962 bits per heavy atom. The molecule has 0 atom stereocenters. The number of hydrogen-bond donors (Lipinski definition) is 1. The summed E-state index contributed by atoms with van der Waals surface area (Å²) < 4.78 is 1.79. The zero-order valence-corrected chi connectivity index (χ0v) is 14.7. The summed E-state index contributed by atoms with van der Waals surface area (Å²) in [5.74, 6) is 1.22. The van der Waals surface area contributed by atoms with Gasteiger partial charge in [0, 0.05) is 24.9 Å². The highest BCUT2D eigenvalue weighted by atomic mass is 16.1. The Morgan fingerprint density at radius 2 is 1.65 bits per heavy atom. The Bertz CT molecular complexity index is 879. The van der Waals surface area contributed by atoms with Crippen molar-refractivity contribution in [3.63, 3.8) is 0 Å². The number of benzene rings is 1. The van der Waals surface area contributed by atoms with Crippen molar-refractivity contribution in [3.05, 3.63) is 82.3 Å². The molecule has 0 radical (unpaired) electrons. The van der Waals surface area contributed by atoms with Crippen molar-refractivity contribution < 1.29 is 0 Å². The average Bonchev–Trinajstić information content (AvgIpc) is 3.05. The van der Waals surface area contributed by atoms with Crippen molar-refractivity contribution in [1.29, 1.82) is 0 Å². The number of aromatic nitrogens is 4. The number of likely N-dealkylation sites (tertiary alicyclic amines) is 1. The summed E-state index contributed by atoms with van der Waals surface area (Å²) in [5.41, 5.74) is 2.29. The number of rotatable bonds is 5. The van der Waals surface area contributed by atoms with E-state index in [2.05, 4.69) is 32.2 Å². The van der Waals surface area contributed by atoms with Crippen LogP contribution in [0.2, 0.25) is 0 Å². The van der Waals surface area contributed by atoms with Gasteiger partial charge in [0.2, 0.25) is 0 Å². The maximum atomic E-state index is 12.2. The lowest BCUT2D eigenvalue weighted by Crippen LogP contribution is -2.34. The van der Waals surface area contributed by atoms with Crippen molar-refractivity contribution in [1.82, 2.24) is 24.6 Å². The molecule has 1 saturated heterocycles. The van der Waals surface area contributed by atoms with Crippen LogP contribution in [-0.2, 0) is 13.1 Å². The van der Waals surface area contributed by atoms with E-state index in [1.165, 1.54) is 5.56 Å². The number of piperidine rings is 1. The molecule has 1 N–H and O–H groups in total. The van der Waals surface area contributed by atoms with Crippen LogP contribution in [0.4, 0.5) is 0 Å². The fourth-order valence-electron chi connectivity index (χ4n) is 3.66.